The molecule has 5 heteroatoms. The van der Waals surface area contributed by atoms with Crippen LogP contribution in [0.25, 0.3) is 0 Å². The van der Waals surface area contributed by atoms with Gasteiger partial charge in [0.25, 0.3) is 5.91 Å². The van der Waals surface area contributed by atoms with Crippen molar-refractivity contribution in [1.29, 1.82) is 0 Å². The molecule has 172 valence electrons. The summed E-state index contributed by atoms with van der Waals surface area (Å²) in [4.78, 5) is 28.2. The van der Waals surface area contributed by atoms with E-state index in [0.717, 1.165) is 42.6 Å². The lowest BCUT2D eigenvalue weighted by molar-refractivity contribution is -0.143. The SMILES string of the molecule is CC[C@@H](C(=O)NC1CCCC1)N(Cc1ccccc1)C(=O)COc1ccccc1C(C)C. The third-order valence-electron chi connectivity index (χ3n) is 6.18. The summed E-state index contributed by atoms with van der Waals surface area (Å²) in [7, 11) is 0. The van der Waals surface area contributed by atoms with Crippen molar-refractivity contribution in [3.8, 4) is 5.75 Å². The summed E-state index contributed by atoms with van der Waals surface area (Å²) in [5.74, 6) is 0.772. The molecule has 2 aromatic carbocycles. The molecule has 1 atom stereocenters. The van der Waals surface area contributed by atoms with Gasteiger partial charge in [0.15, 0.2) is 6.61 Å². The topological polar surface area (TPSA) is 58.6 Å². The zero-order valence-electron chi connectivity index (χ0n) is 19.5. The van der Waals surface area contributed by atoms with Crippen LogP contribution in [0.1, 0.15) is 69.9 Å². The van der Waals surface area contributed by atoms with Crippen LogP contribution in [0.5, 0.6) is 5.75 Å². The highest BCUT2D eigenvalue weighted by molar-refractivity contribution is 5.88. The van der Waals surface area contributed by atoms with Crippen LogP contribution in [0, 0.1) is 0 Å². The van der Waals surface area contributed by atoms with Crippen molar-refractivity contribution in [2.45, 2.75) is 77.4 Å². The van der Waals surface area contributed by atoms with E-state index in [9.17, 15) is 9.59 Å². The van der Waals surface area contributed by atoms with Gasteiger partial charge in [-0.2, -0.15) is 0 Å². The Morgan fingerprint density at radius 1 is 1.03 bits per heavy atom. The number of hydrogen-bond acceptors (Lipinski definition) is 3. The van der Waals surface area contributed by atoms with Crippen molar-refractivity contribution < 1.29 is 14.3 Å². The van der Waals surface area contributed by atoms with Crippen molar-refractivity contribution in [1.82, 2.24) is 10.2 Å². The van der Waals surface area contributed by atoms with Crippen LogP contribution in [0.15, 0.2) is 54.6 Å². The van der Waals surface area contributed by atoms with E-state index in [1.807, 2.05) is 61.5 Å². The molecule has 0 spiro atoms. The van der Waals surface area contributed by atoms with Crippen molar-refractivity contribution >= 4 is 11.8 Å². The van der Waals surface area contributed by atoms with Crippen LogP contribution in [0.2, 0.25) is 0 Å². The van der Waals surface area contributed by atoms with E-state index < -0.39 is 6.04 Å². The lowest BCUT2D eigenvalue weighted by atomic mass is 10.0. The molecule has 0 bridgehead atoms. The zero-order chi connectivity index (χ0) is 22.9. The number of hydrogen-bond donors (Lipinski definition) is 1. The molecule has 0 unspecified atom stereocenters. The highest BCUT2D eigenvalue weighted by Gasteiger charge is 2.31. The first-order valence-corrected chi connectivity index (χ1v) is 11.8. The average molecular weight is 437 g/mol. The fourth-order valence-corrected chi connectivity index (χ4v) is 4.38. The van der Waals surface area contributed by atoms with E-state index in [4.69, 9.17) is 4.74 Å². The maximum atomic E-state index is 13.4. The van der Waals surface area contributed by atoms with Gasteiger partial charge < -0.3 is 15.0 Å². The number of carbonyl (C=O) groups excluding carboxylic acids is 2. The first kappa shape index (κ1) is 23.8. The molecule has 0 aromatic heterocycles. The van der Waals surface area contributed by atoms with Gasteiger partial charge >= 0.3 is 0 Å². The van der Waals surface area contributed by atoms with Gasteiger partial charge in [-0.25, -0.2) is 0 Å². The number of nitrogens with zero attached hydrogens (tertiary/aromatic N) is 1. The van der Waals surface area contributed by atoms with E-state index in [2.05, 4.69) is 19.2 Å². The third-order valence-corrected chi connectivity index (χ3v) is 6.18. The fourth-order valence-electron chi connectivity index (χ4n) is 4.38. The molecule has 2 aromatic rings. The van der Waals surface area contributed by atoms with Gasteiger partial charge in [-0.15, -0.1) is 0 Å². The van der Waals surface area contributed by atoms with Crippen molar-refractivity contribution in [3.05, 3.63) is 65.7 Å². The lowest BCUT2D eigenvalue weighted by Crippen LogP contribution is -2.52. The second-order valence-corrected chi connectivity index (χ2v) is 8.90. The van der Waals surface area contributed by atoms with Gasteiger partial charge in [0.1, 0.15) is 11.8 Å². The maximum absolute atomic E-state index is 13.4. The van der Waals surface area contributed by atoms with Gasteiger partial charge in [0.2, 0.25) is 5.91 Å². The Balaban J connectivity index is 1.76. The Bertz CT molecular complexity index is 875. The lowest BCUT2D eigenvalue weighted by Gasteiger charge is -2.31. The summed E-state index contributed by atoms with van der Waals surface area (Å²) in [6, 6.07) is 17.3. The number of para-hydroxylation sites is 1. The molecule has 1 N–H and O–H groups in total. The van der Waals surface area contributed by atoms with Crippen LogP contribution < -0.4 is 10.1 Å². The van der Waals surface area contributed by atoms with Crippen molar-refractivity contribution in [2.24, 2.45) is 0 Å². The first-order valence-electron chi connectivity index (χ1n) is 11.8. The van der Waals surface area contributed by atoms with Gasteiger partial charge in [-0.3, -0.25) is 9.59 Å². The number of amides is 2. The summed E-state index contributed by atoms with van der Waals surface area (Å²) in [5.41, 5.74) is 2.07. The molecule has 3 rings (SSSR count). The molecule has 0 saturated heterocycles. The Morgan fingerprint density at radius 2 is 1.69 bits per heavy atom. The number of rotatable bonds is 10. The number of nitrogens with one attached hydrogen (secondary N) is 1. The van der Waals surface area contributed by atoms with Crippen LogP contribution >= 0.6 is 0 Å². The molecule has 1 aliphatic carbocycles. The van der Waals surface area contributed by atoms with E-state index >= 15 is 0 Å². The Labute approximate surface area is 192 Å². The Hall–Kier alpha value is -2.82. The zero-order valence-corrected chi connectivity index (χ0v) is 19.5. The molecule has 1 saturated carbocycles. The summed E-state index contributed by atoms with van der Waals surface area (Å²) < 4.78 is 5.96. The van der Waals surface area contributed by atoms with Crippen LogP contribution in [0.4, 0.5) is 0 Å². The van der Waals surface area contributed by atoms with Crippen LogP contribution in [0.3, 0.4) is 0 Å². The van der Waals surface area contributed by atoms with Gasteiger partial charge in [-0.1, -0.05) is 82.1 Å². The van der Waals surface area contributed by atoms with Gasteiger partial charge in [0.05, 0.1) is 0 Å². The molecule has 2 amide bonds. The molecular weight excluding hydrogens is 400 g/mol. The minimum absolute atomic E-state index is 0.0636. The molecule has 0 radical (unpaired) electrons. The molecule has 1 fully saturated rings. The molecular formula is C27H36N2O3. The fraction of sp³-hybridized carbons (Fsp3) is 0.481. The minimum Gasteiger partial charge on any atom is -0.483 e. The average Bonchev–Trinajstić information content (AvgIpc) is 3.31. The number of carbonyl (C=O) groups is 2. The Kier molecular flexibility index (Phi) is 8.72. The third kappa shape index (κ3) is 6.35. The second-order valence-electron chi connectivity index (χ2n) is 8.90. The normalized spacial score (nSPS) is 14.9. The van der Waals surface area contributed by atoms with Crippen molar-refractivity contribution in [3.63, 3.8) is 0 Å². The van der Waals surface area contributed by atoms with E-state index in [1.165, 1.54) is 0 Å². The van der Waals surface area contributed by atoms with Gasteiger partial charge in [0, 0.05) is 12.6 Å². The minimum atomic E-state index is -0.521. The highest BCUT2D eigenvalue weighted by atomic mass is 16.5. The summed E-state index contributed by atoms with van der Waals surface area (Å²) in [6.07, 6.45) is 4.89. The molecule has 32 heavy (non-hydrogen) atoms. The van der Waals surface area contributed by atoms with Crippen LogP contribution in [-0.4, -0.2) is 35.4 Å². The molecule has 5 nitrogen and oxygen atoms in total. The van der Waals surface area contributed by atoms with Gasteiger partial charge in [-0.05, 0) is 42.4 Å². The Morgan fingerprint density at radius 3 is 2.34 bits per heavy atom. The van der Waals surface area contributed by atoms with E-state index in [-0.39, 0.29) is 24.5 Å². The van der Waals surface area contributed by atoms with Crippen LogP contribution in [-0.2, 0) is 16.1 Å². The van der Waals surface area contributed by atoms with Crippen molar-refractivity contribution in [2.75, 3.05) is 6.61 Å². The number of ether oxygens (including phenoxy) is 1. The quantitative estimate of drug-likeness (QED) is 0.567. The van der Waals surface area contributed by atoms with E-state index in [0.29, 0.717) is 18.9 Å². The maximum Gasteiger partial charge on any atom is 0.261 e. The predicted molar refractivity (Wildman–Crippen MR) is 127 cm³/mol. The number of benzene rings is 2. The first-order chi connectivity index (χ1) is 15.5. The predicted octanol–water partition coefficient (Wildman–Crippen LogP) is 5.06. The standard InChI is InChI=1S/C27H36N2O3/c1-4-24(27(31)28-22-14-8-9-15-22)29(18-21-12-6-5-7-13-21)26(30)19-32-25-17-11-10-16-23(25)20(2)3/h5-7,10-13,16-17,20,22,24H,4,8-9,14-15,18-19H2,1-3H3,(H,28,31)/t24-/m0/s1. The largest absolute Gasteiger partial charge is 0.483 e. The molecule has 0 aliphatic heterocycles. The highest BCUT2D eigenvalue weighted by Crippen LogP contribution is 2.26. The second kappa shape index (κ2) is 11.7. The summed E-state index contributed by atoms with van der Waals surface area (Å²) in [6.45, 7) is 6.45. The smallest absolute Gasteiger partial charge is 0.261 e. The molecule has 1 aliphatic rings. The van der Waals surface area contributed by atoms with E-state index in [1.54, 1.807) is 4.90 Å². The monoisotopic (exact) mass is 436 g/mol. The molecule has 0 heterocycles. The summed E-state index contributed by atoms with van der Waals surface area (Å²) in [5, 5.41) is 3.18. The summed E-state index contributed by atoms with van der Waals surface area (Å²) >= 11 is 0.